The van der Waals surface area contributed by atoms with E-state index < -0.39 is 0 Å². The van der Waals surface area contributed by atoms with Crippen molar-refractivity contribution in [2.75, 3.05) is 5.75 Å². The Morgan fingerprint density at radius 2 is 1.72 bits per heavy atom. The number of benzene rings is 1. The second-order valence-electron chi connectivity index (χ2n) is 4.06. The van der Waals surface area contributed by atoms with E-state index in [1.54, 1.807) is 11.8 Å². The van der Waals surface area contributed by atoms with Crippen LogP contribution in [0.4, 0.5) is 0 Å². The van der Waals surface area contributed by atoms with Gasteiger partial charge in [0, 0.05) is 17.1 Å². The summed E-state index contributed by atoms with van der Waals surface area (Å²) < 4.78 is 0. The van der Waals surface area contributed by atoms with Gasteiger partial charge in [-0.15, -0.1) is 0 Å². The van der Waals surface area contributed by atoms with Crippen molar-refractivity contribution in [2.45, 2.75) is 19.0 Å². The molecule has 0 fully saturated rings. The standard InChI is InChI=1S/C15H16N2S/c1-12-11-13(2)17-15(16-12)18-10-6-9-14-7-4-3-5-8-14/h3-9,11H,10H2,1-2H3/b9-6-. The molecule has 2 nitrogen and oxygen atoms in total. The molecule has 0 saturated heterocycles. The van der Waals surface area contributed by atoms with Gasteiger partial charge in [0.25, 0.3) is 0 Å². The molecule has 1 heterocycles. The Morgan fingerprint density at radius 1 is 1.06 bits per heavy atom. The average molecular weight is 256 g/mol. The van der Waals surface area contributed by atoms with Gasteiger partial charge in [0.2, 0.25) is 0 Å². The molecule has 2 rings (SSSR count). The minimum Gasteiger partial charge on any atom is -0.228 e. The van der Waals surface area contributed by atoms with E-state index >= 15 is 0 Å². The first-order valence-corrected chi connectivity index (χ1v) is 6.89. The lowest BCUT2D eigenvalue weighted by atomic mass is 10.2. The summed E-state index contributed by atoms with van der Waals surface area (Å²) in [5.74, 6) is 0.887. The van der Waals surface area contributed by atoms with E-state index in [0.717, 1.165) is 22.3 Å². The predicted octanol–water partition coefficient (Wildman–Crippen LogP) is 3.90. The zero-order valence-corrected chi connectivity index (χ0v) is 11.4. The lowest BCUT2D eigenvalue weighted by Gasteiger charge is -2.00. The zero-order chi connectivity index (χ0) is 12.8. The number of thioether (sulfide) groups is 1. The van der Waals surface area contributed by atoms with Crippen LogP contribution in [0.15, 0.2) is 47.6 Å². The number of aromatic nitrogens is 2. The Labute approximate surface area is 112 Å². The molecule has 0 aliphatic carbocycles. The van der Waals surface area contributed by atoms with Crippen LogP contribution in [-0.4, -0.2) is 15.7 Å². The molecule has 92 valence electrons. The van der Waals surface area contributed by atoms with Crippen LogP contribution < -0.4 is 0 Å². The number of hydrogen-bond acceptors (Lipinski definition) is 3. The lowest BCUT2D eigenvalue weighted by molar-refractivity contribution is 0.903. The molecular weight excluding hydrogens is 240 g/mol. The minimum atomic E-state index is 0.852. The van der Waals surface area contributed by atoms with Crippen molar-refractivity contribution in [3.63, 3.8) is 0 Å². The van der Waals surface area contributed by atoms with Crippen molar-refractivity contribution in [3.05, 3.63) is 59.4 Å². The van der Waals surface area contributed by atoms with Gasteiger partial charge in [-0.2, -0.15) is 0 Å². The Balaban J connectivity index is 1.90. The molecule has 3 heteroatoms. The van der Waals surface area contributed by atoms with Crippen LogP contribution >= 0.6 is 11.8 Å². The third-order valence-electron chi connectivity index (χ3n) is 2.38. The van der Waals surface area contributed by atoms with Gasteiger partial charge in [-0.3, -0.25) is 0 Å². The summed E-state index contributed by atoms with van der Waals surface area (Å²) in [5.41, 5.74) is 3.27. The molecule has 0 N–H and O–H groups in total. The first kappa shape index (κ1) is 12.8. The van der Waals surface area contributed by atoms with E-state index in [9.17, 15) is 0 Å². The molecule has 0 unspecified atom stereocenters. The summed E-state index contributed by atoms with van der Waals surface area (Å²) in [7, 11) is 0. The van der Waals surface area contributed by atoms with Crippen molar-refractivity contribution in [1.82, 2.24) is 9.97 Å². The fourth-order valence-electron chi connectivity index (χ4n) is 1.63. The highest BCUT2D eigenvalue weighted by Gasteiger charge is 1.98. The van der Waals surface area contributed by atoms with Crippen molar-refractivity contribution in [1.29, 1.82) is 0 Å². The molecule has 1 aromatic heterocycles. The monoisotopic (exact) mass is 256 g/mol. The van der Waals surface area contributed by atoms with Gasteiger partial charge in [0.05, 0.1) is 0 Å². The number of aryl methyl sites for hydroxylation is 2. The molecule has 18 heavy (non-hydrogen) atoms. The highest BCUT2D eigenvalue weighted by atomic mass is 32.2. The van der Waals surface area contributed by atoms with Crippen molar-refractivity contribution < 1.29 is 0 Å². The maximum Gasteiger partial charge on any atom is 0.188 e. The van der Waals surface area contributed by atoms with E-state index in [4.69, 9.17) is 0 Å². The SMILES string of the molecule is Cc1cc(C)nc(SC/C=C\c2ccccc2)n1. The van der Waals surface area contributed by atoms with E-state index in [-0.39, 0.29) is 0 Å². The van der Waals surface area contributed by atoms with E-state index in [1.165, 1.54) is 5.56 Å². The Morgan fingerprint density at radius 3 is 2.39 bits per heavy atom. The van der Waals surface area contributed by atoms with Crippen LogP contribution in [-0.2, 0) is 0 Å². The molecular formula is C15H16N2S. The highest BCUT2D eigenvalue weighted by molar-refractivity contribution is 7.99. The highest BCUT2D eigenvalue weighted by Crippen LogP contribution is 2.14. The van der Waals surface area contributed by atoms with Crippen molar-refractivity contribution in [2.24, 2.45) is 0 Å². The Kier molecular flexibility index (Phi) is 4.53. The number of nitrogens with zero attached hydrogens (tertiary/aromatic N) is 2. The number of rotatable bonds is 4. The molecule has 0 amide bonds. The van der Waals surface area contributed by atoms with Gasteiger partial charge < -0.3 is 0 Å². The third kappa shape index (κ3) is 4.00. The second-order valence-corrected chi connectivity index (χ2v) is 5.04. The molecule has 0 aliphatic heterocycles. The van der Waals surface area contributed by atoms with Crippen molar-refractivity contribution >= 4 is 17.8 Å². The van der Waals surface area contributed by atoms with E-state index in [0.29, 0.717) is 0 Å². The Bertz CT molecular complexity index is 515. The van der Waals surface area contributed by atoms with Gasteiger partial charge in [0.15, 0.2) is 5.16 Å². The molecule has 0 atom stereocenters. The molecule has 0 spiro atoms. The molecule has 0 saturated carbocycles. The topological polar surface area (TPSA) is 25.8 Å². The molecule has 0 radical (unpaired) electrons. The maximum absolute atomic E-state index is 4.40. The first-order chi connectivity index (χ1) is 8.74. The quantitative estimate of drug-likeness (QED) is 0.613. The number of hydrogen-bond donors (Lipinski definition) is 0. The normalized spacial score (nSPS) is 11.0. The first-order valence-electron chi connectivity index (χ1n) is 5.91. The van der Waals surface area contributed by atoms with Gasteiger partial charge in [-0.25, -0.2) is 9.97 Å². The van der Waals surface area contributed by atoms with Crippen LogP contribution in [0.3, 0.4) is 0 Å². The minimum absolute atomic E-state index is 0.852. The smallest absolute Gasteiger partial charge is 0.188 e. The summed E-state index contributed by atoms with van der Waals surface area (Å²) >= 11 is 1.66. The zero-order valence-electron chi connectivity index (χ0n) is 10.6. The van der Waals surface area contributed by atoms with Gasteiger partial charge in [-0.1, -0.05) is 54.2 Å². The van der Waals surface area contributed by atoms with Crippen molar-refractivity contribution in [3.8, 4) is 0 Å². The van der Waals surface area contributed by atoms with Crippen LogP contribution in [0.2, 0.25) is 0 Å². The van der Waals surface area contributed by atoms with Gasteiger partial charge in [-0.05, 0) is 25.5 Å². The Hall–Kier alpha value is -1.61. The second kappa shape index (κ2) is 6.36. The summed E-state index contributed by atoms with van der Waals surface area (Å²) in [6.45, 7) is 4.00. The fourth-order valence-corrected chi connectivity index (χ4v) is 2.39. The van der Waals surface area contributed by atoms with E-state index in [2.05, 4.69) is 34.3 Å². The van der Waals surface area contributed by atoms with Crippen LogP contribution in [0.25, 0.3) is 6.08 Å². The lowest BCUT2D eigenvalue weighted by Crippen LogP contribution is -1.92. The maximum atomic E-state index is 4.40. The molecule has 0 bridgehead atoms. The van der Waals surface area contributed by atoms with Crippen LogP contribution in [0.5, 0.6) is 0 Å². The largest absolute Gasteiger partial charge is 0.228 e. The van der Waals surface area contributed by atoms with Gasteiger partial charge >= 0.3 is 0 Å². The fraction of sp³-hybridized carbons (Fsp3) is 0.200. The van der Waals surface area contributed by atoms with E-state index in [1.807, 2.05) is 38.1 Å². The third-order valence-corrected chi connectivity index (χ3v) is 3.18. The summed E-state index contributed by atoms with van der Waals surface area (Å²) in [6, 6.07) is 12.3. The molecule has 2 aromatic rings. The molecule has 0 aliphatic rings. The molecule has 1 aromatic carbocycles. The van der Waals surface area contributed by atoms with Crippen LogP contribution in [0.1, 0.15) is 17.0 Å². The summed E-state index contributed by atoms with van der Waals surface area (Å²) in [4.78, 5) is 8.79. The summed E-state index contributed by atoms with van der Waals surface area (Å²) in [6.07, 6.45) is 4.26. The van der Waals surface area contributed by atoms with Gasteiger partial charge in [0.1, 0.15) is 0 Å². The average Bonchev–Trinajstić information content (AvgIpc) is 2.35. The van der Waals surface area contributed by atoms with Crippen LogP contribution in [0, 0.1) is 13.8 Å². The predicted molar refractivity (Wildman–Crippen MR) is 77.7 cm³/mol. The summed E-state index contributed by atoms with van der Waals surface area (Å²) in [5, 5.41) is 0.852.